The van der Waals surface area contributed by atoms with E-state index in [9.17, 15) is 0 Å². The Labute approximate surface area is 828 Å². The van der Waals surface area contributed by atoms with Crippen LogP contribution < -0.4 is 39.9 Å². The van der Waals surface area contributed by atoms with Crippen LogP contribution in [0.25, 0.3) is 242 Å². The van der Waals surface area contributed by atoms with Crippen molar-refractivity contribution in [2.45, 2.75) is 27.7 Å². The van der Waals surface area contributed by atoms with Crippen molar-refractivity contribution in [3.8, 4) is 0 Å². The summed E-state index contributed by atoms with van der Waals surface area (Å²) in [7, 11) is 0. The second kappa shape index (κ2) is 38.5. The first kappa shape index (κ1) is 89.5. The van der Waals surface area contributed by atoms with Gasteiger partial charge in [-0.1, -0.05) is 170 Å². The largest absolute Gasteiger partial charge is 2.00 e. The molecule has 4 aromatic carbocycles. The molecule has 660 valence electrons. The van der Waals surface area contributed by atoms with Crippen molar-refractivity contribution in [2.24, 2.45) is 0 Å². The third kappa shape index (κ3) is 18.3. The summed E-state index contributed by atoms with van der Waals surface area (Å²) in [6.45, 7) is 7.76. The van der Waals surface area contributed by atoms with E-state index in [0.29, 0.717) is 45.2 Å². The molecule has 0 fully saturated rings. The number of aryl methyl sites for hydroxylation is 4. The van der Waals surface area contributed by atoms with Crippen LogP contribution in [0.3, 0.4) is 0 Å². The summed E-state index contributed by atoms with van der Waals surface area (Å²) in [5.74, 6) is 0. The number of nitrogens with zero attached hydrogens (tertiary/aromatic N) is 26. The molecule has 22 aromatic heterocycles. The van der Waals surface area contributed by atoms with Crippen molar-refractivity contribution in [1.29, 1.82) is 0 Å². The topological polar surface area (TPSA) is 345 Å². The van der Waals surface area contributed by atoms with E-state index in [4.69, 9.17) is 59.8 Å². The molecule has 136 heavy (non-hydrogen) atoms. The van der Waals surface area contributed by atoms with Gasteiger partial charge in [0.2, 0.25) is 0 Å². The van der Waals surface area contributed by atoms with Crippen LogP contribution in [-0.2, 0) is 84.3 Å². The monoisotopic (exact) mass is 2480 g/mol. The molecule has 0 unspecified atom stereocenters. The summed E-state index contributed by atoms with van der Waals surface area (Å²) in [4.78, 5) is 121. The molecular weight excluding hydrogens is 2420 g/mol. The Morgan fingerprint density at radius 2 is 0.360 bits per heavy atom. The average Bonchev–Trinajstić information content (AvgIpc) is 1.66. The number of rotatable bonds is 0. The molecule has 32 bridgehead atoms. The van der Waals surface area contributed by atoms with E-state index in [2.05, 4.69) is 118 Å². The van der Waals surface area contributed by atoms with Gasteiger partial charge in [0, 0.05) is 35.0 Å². The Bertz CT molecular complexity index is 7990. The normalized spacial score (nSPS) is 11.1. The molecule has 0 N–H and O–H groups in total. The van der Waals surface area contributed by atoms with Crippen LogP contribution in [-0.4, -0.2) is 89.7 Å². The van der Waals surface area contributed by atoms with E-state index in [1.54, 1.807) is 62.0 Å². The van der Waals surface area contributed by atoms with Crippen LogP contribution in [0.15, 0.2) is 329 Å². The zero-order valence-corrected chi connectivity index (χ0v) is 81.2. The van der Waals surface area contributed by atoms with Gasteiger partial charge in [0.1, 0.15) is 22.6 Å². The van der Waals surface area contributed by atoms with Crippen molar-refractivity contribution in [3.05, 3.63) is 351 Å². The summed E-state index contributed by atoms with van der Waals surface area (Å²) >= 11 is 0. The third-order valence-electron chi connectivity index (χ3n) is 22.9. The standard InChI is InChI=1S/C30H18N4.2C28H16N6.C20H16N10.4Pt/c1-2-12-24-23(11-1)27-15-19-7-5-9-21(31-19)17-29-25-13-3-4-14-26(25)30(34-29)18-22-10-6-8-20(32-22)16-28(24)33-27;1-5-17-13-23-21-9-3-12-30-28(21)26(33-23)16-20-8-2-6-18(32-20)14-24-22-10-4-11-29-27(22)25(34-24)15-19(7-1)31-17;1-2-6-22-21(5-1)25-9-17-13-29-15-19(31-17)11-27-23-7-3-4-8-24(23)28(34-27)12-20-16-30-14-18(32-20)10-26(22)33-25;1-9-10(2)18-26-14-6-22-8-16(24-14)28-20-12(4)11(3)19(30-20)27-15-7-21-5-13(23-15)25-17(9)29-18;;;;/h1-18H;2*1-16H;5-8H,1-4H3;;;;/q4*-2;4*+2. The fourth-order valence-corrected chi connectivity index (χ4v) is 16.4. The molecule has 0 atom stereocenters. The van der Waals surface area contributed by atoms with Gasteiger partial charge in [-0.05, 0) is 201 Å². The zero-order valence-electron chi connectivity index (χ0n) is 72.1. The zero-order chi connectivity index (χ0) is 88.3. The molecule has 26 rings (SSSR count). The average molecular weight is 2480 g/mol. The van der Waals surface area contributed by atoms with E-state index in [-0.39, 0.29) is 84.3 Å². The molecule has 22 heterocycles. The fraction of sp³-hybridized carbons (Fsp3) is 0.0377. The van der Waals surface area contributed by atoms with Crippen molar-refractivity contribution in [2.75, 3.05) is 0 Å². The molecule has 0 aliphatic carbocycles. The van der Waals surface area contributed by atoms with Crippen molar-refractivity contribution in [1.82, 2.24) is 130 Å². The number of pyridine rings is 6. The van der Waals surface area contributed by atoms with Crippen LogP contribution in [0, 0.1) is 27.7 Å². The molecule has 0 spiro atoms. The first-order chi connectivity index (χ1) is 64.9. The van der Waals surface area contributed by atoms with E-state index in [1.807, 2.05) is 246 Å². The van der Waals surface area contributed by atoms with Crippen LogP contribution in [0.4, 0.5) is 0 Å². The molecule has 0 radical (unpaired) electrons. The van der Waals surface area contributed by atoms with Gasteiger partial charge in [-0.2, -0.15) is 0 Å². The number of fused-ring (bicyclic) bond motifs is 50. The molecule has 30 heteroatoms. The van der Waals surface area contributed by atoms with Crippen LogP contribution in [0.2, 0.25) is 0 Å². The second-order valence-electron chi connectivity index (χ2n) is 31.6. The summed E-state index contributed by atoms with van der Waals surface area (Å²) < 4.78 is 0. The van der Waals surface area contributed by atoms with Crippen LogP contribution in [0.1, 0.15) is 22.3 Å². The van der Waals surface area contributed by atoms with Gasteiger partial charge < -0.3 is 59.8 Å². The number of benzene rings is 4. The van der Waals surface area contributed by atoms with Crippen LogP contribution >= 0.6 is 0 Å². The minimum atomic E-state index is 0. The van der Waals surface area contributed by atoms with Gasteiger partial charge >= 0.3 is 84.3 Å². The molecule has 0 saturated carbocycles. The van der Waals surface area contributed by atoms with Gasteiger partial charge in [-0.15, -0.1) is 66.2 Å². The Balaban J connectivity index is 0.000000115. The maximum Gasteiger partial charge on any atom is 2.00 e. The minimum absolute atomic E-state index is 0. The Morgan fingerprint density at radius 3 is 0.603 bits per heavy atom. The van der Waals surface area contributed by atoms with Gasteiger partial charge in [0.25, 0.3) is 0 Å². The second-order valence-corrected chi connectivity index (χ2v) is 31.6. The molecule has 26 aromatic rings. The third-order valence-corrected chi connectivity index (χ3v) is 22.9. The molecule has 0 amide bonds. The van der Waals surface area contributed by atoms with Gasteiger partial charge in [-0.3, -0.25) is 29.9 Å². The maximum absolute atomic E-state index is 4.96. The number of hydrogen-bond donors (Lipinski definition) is 0. The van der Waals surface area contributed by atoms with Crippen molar-refractivity contribution in [3.63, 3.8) is 0 Å². The molecule has 0 aliphatic heterocycles. The Morgan fingerprint density at radius 1 is 0.169 bits per heavy atom. The molecule has 26 nitrogen and oxygen atoms in total. The van der Waals surface area contributed by atoms with Crippen molar-refractivity contribution < 1.29 is 84.3 Å². The smallest absolute Gasteiger partial charge is 0.657 e. The SMILES string of the molecule is Cc1c(C)c2nc3cncc(n3)nc3[n-]c(nc4cncc(n4)nc1[n-]2)c(C)c3C.[Pt+2].[Pt+2].[Pt+2].[Pt+2].c1cc2cc3[n-]c(cc4cccc(cc5[n-]c(cc(c1)n2)c1ccccc51)n4)c1ccccc31.c1cc2cc3[n-]c(cc4cccc(cc5[n-]c(cc(c1)n2)c1ncccc51)n4)c1ncccc31.c1ccc2c3cc4cncc(cc5[n-]c(cc6cncc(cc([n-]3)c2c1)n6)c1ccccc51)n4. The first-order valence-corrected chi connectivity index (χ1v) is 42.4. The summed E-state index contributed by atoms with van der Waals surface area (Å²) in [5.41, 5.74) is 28.9. The Kier molecular flexibility index (Phi) is 25.3. The minimum Gasteiger partial charge on any atom is -0.657 e. The van der Waals surface area contributed by atoms with E-state index in [1.165, 1.54) is 0 Å². The maximum atomic E-state index is 4.96. The molecule has 0 saturated heterocycles. The van der Waals surface area contributed by atoms with Crippen molar-refractivity contribution >= 4 is 242 Å². The number of aromatic nitrogens is 26. The van der Waals surface area contributed by atoms with Gasteiger partial charge in [0.05, 0.1) is 127 Å². The predicted octanol–water partition coefficient (Wildman–Crippen LogP) is 20.9. The molecule has 0 aliphatic rings. The van der Waals surface area contributed by atoms with E-state index >= 15 is 0 Å². The first-order valence-electron chi connectivity index (χ1n) is 42.4. The van der Waals surface area contributed by atoms with Gasteiger partial charge in [-0.25, -0.2) is 39.9 Å². The van der Waals surface area contributed by atoms with E-state index in [0.717, 1.165) is 220 Å². The van der Waals surface area contributed by atoms with Crippen LogP contribution in [0.5, 0.6) is 0 Å². The number of hydrogen-bond acceptors (Lipinski definition) is 18. The Hall–Kier alpha value is -15.7. The summed E-state index contributed by atoms with van der Waals surface area (Å²) in [6.07, 6.45) is 16.8. The predicted molar refractivity (Wildman–Crippen MR) is 522 cm³/mol. The summed E-state index contributed by atoms with van der Waals surface area (Å²) in [5, 5.41) is 10.6. The molecular formula is C106H66N26Pt4. The summed E-state index contributed by atoms with van der Waals surface area (Å²) in [6, 6.07) is 88.8. The van der Waals surface area contributed by atoms with E-state index < -0.39 is 0 Å². The fourth-order valence-electron chi connectivity index (χ4n) is 16.4. The quantitative estimate of drug-likeness (QED) is 0.136. The van der Waals surface area contributed by atoms with Gasteiger partial charge in [0.15, 0.2) is 0 Å².